The van der Waals surface area contributed by atoms with Crippen LogP contribution in [0, 0.1) is 0 Å². The lowest BCUT2D eigenvalue weighted by Gasteiger charge is -2.08. The molecule has 6 heteroatoms. The average Bonchev–Trinajstić information content (AvgIpc) is 2.28. The maximum absolute atomic E-state index is 11.9. The average molecular weight is 271 g/mol. The third kappa shape index (κ3) is 2.14. The van der Waals surface area contributed by atoms with E-state index < -0.39 is 5.69 Å². The van der Waals surface area contributed by atoms with Crippen LogP contribution in [0.15, 0.2) is 40.1 Å². The first-order valence-corrected chi connectivity index (χ1v) is 5.50. The van der Waals surface area contributed by atoms with Crippen LogP contribution in [-0.2, 0) is 7.05 Å². The fourth-order valence-electron chi connectivity index (χ4n) is 1.43. The van der Waals surface area contributed by atoms with Gasteiger partial charge in [0.1, 0.15) is 0 Å². The third-order valence-electron chi connectivity index (χ3n) is 2.36. The summed E-state index contributed by atoms with van der Waals surface area (Å²) in [6, 6.07) is 6.08. The van der Waals surface area contributed by atoms with Crippen molar-refractivity contribution in [1.29, 1.82) is 0 Å². The standard InChI is InChI=1S/C11H8Cl2N2O2/c1-14-10(16)4-5-15(11(14)17)9-3-2-7(12)6-8(9)13/h2-6H,1H3. The maximum atomic E-state index is 11.9. The maximum Gasteiger partial charge on any atom is 0.335 e. The number of rotatable bonds is 1. The zero-order valence-electron chi connectivity index (χ0n) is 8.85. The highest BCUT2D eigenvalue weighted by atomic mass is 35.5. The predicted octanol–water partition coefficient (Wildman–Crippen LogP) is 1.84. The summed E-state index contributed by atoms with van der Waals surface area (Å²) in [5.74, 6) is 0. The molecule has 0 amide bonds. The van der Waals surface area contributed by atoms with Crippen LogP contribution >= 0.6 is 23.2 Å². The zero-order chi connectivity index (χ0) is 12.6. The van der Waals surface area contributed by atoms with Crippen molar-refractivity contribution in [3.63, 3.8) is 0 Å². The summed E-state index contributed by atoms with van der Waals surface area (Å²) in [5, 5.41) is 0.829. The molecule has 0 unspecified atom stereocenters. The van der Waals surface area contributed by atoms with Crippen molar-refractivity contribution in [1.82, 2.24) is 9.13 Å². The molecule has 4 nitrogen and oxygen atoms in total. The summed E-state index contributed by atoms with van der Waals surface area (Å²) >= 11 is 11.8. The fourth-order valence-corrected chi connectivity index (χ4v) is 1.93. The van der Waals surface area contributed by atoms with Crippen molar-refractivity contribution < 1.29 is 0 Å². The molecule has 0 aliphatic carbocycles. The summed E-state index contributed by atoms with van der Waals surface area (Å²) < 4.78 is 2.30. The van der Waals surface area contributed by atoms with Gasteiger partial charge in [-0.2, -0.15) is 0 Å². The van der Waals surface area contributed by atoms with E-state index in [1.54, 1.807) is 12.1 Å². The molecule has 0 aliphatic heterocycles. The van der Waals surface area contributed by atoms with Crippen molar-refractivity contribution in [2.45, 2.75) is 0 Å². The highest BCUT2D eigenvalue weighted by Gasteiger charge is 2.07. The van der Waals surface area contributed by atoms with Gasteiger partial charge in [-0.25, -0.2) is 4.79 Å². The molecule has 1 heterocycles. The molecule has 88 valence electrons. The van der Waals surface area contributed by atoms with Gasteiger partial charge in [-0.05, 0) is 18.2 Å². The normalized spacial score (nSPS) is 10.5. The van der Waals surface area contributed by atoms with Gasteiger partial charge >= 0.3 is 5.69 Å². The van der Waals surface area contributed by atoms with Crippen LogP contribution < -0.4 is 11.2 Å². The number of hydrogen-bond donors (Lipinski definition) is 0. The Hall–Kier alpha value is -1.52. The number of hydrogen-bond acceptors (Lipinski definition) is 2. The number of benzene rings is 1. The van der Waals surface area contributed by atoms with E-state index in [1.165, 1.54) is 29.9 Å². The molecule has 17 heavy (non-hydrogen) atoms. The van der Waals surface area contributed by atoms with Gasteiger partial charge in [-0.3, -0.25) is 13.9 Å². The first-order valence-electron chi connectivity index (χ1n) is 4.75. The smallest absolute Gasteiger partial charge is 0.269 e. The Morgan fingerprint density at radius 2 is 1.82 bits per heavy atom. The second-order valence-electron chi connectivity index (χ2n) is 3.46. The van der Waals surface area contributed by atoms with Gasteiger partial charge in [-0.1, -0.05) is 23.2 Å². The molecule has 0 radical (unpaired) electrons. The van der Waals surface area contributed by atoms with Crippen molar-refractivity contribution in [2.24, 2.45) is 7.05 Å². The Kier molecular flexibility index (Phi) is 3.09. The molecule has 0 saturated heterocycles. The molecule has 0 spiro atoms. The van der Waals surface area contributed by atoms with E-state index in [1.807, 2.05) is 0 Å². The SMILES string of the molecule is Cn1c(=O)ccn(-c2ccc(Cl)cc2Cl)c1=O. The zero-order valence-corrected chi connectivity index (χ0v) is 10.4. The molecular formula is C11H8Cl2N2O2. The Balaban J connectivity index is 2.74. The molecule has 0 bridgehead atoms. The minimum absolute atomic E-state index is 0.346. The third-order valence-corrected chi connectivity index (χ3v) is 2.90. The summed E-state index contributed by atoms with van der Waals surface area (Å²) in [5.41, 5.74) is -0.338. The first-order chi connectivity index (χ1) is 8.00. The van der Waals surface area contributed by atoms with Gasteiger partial charge in [0.2, 0.25) is 0 Å². The van der Waals surface area contributed by atoms with Crippen molar-refractivity contribution >= 4 is 23.2 Å². The molecule has 0 atom stereocenters. The van der Waals surface area contributed by atoms with Crippen LogP contribution in [0.2, 0.25) is 10.0 Å². The highest BCUT2D eigenvalue weighted by molar-refractivity contribution is 6.35. The molecule has 0 fully saturated rings. The van der Waals surface area contributed by atoms with Gasteiger partial charge in [0.15, 0.2) is 0 Å². The Morgan fingerprint density at radius 3 is 2.47 bits per heavy atom. The molecule has 0 aliphatic rings. The van der Waals surface area contributed by atoms with Crippen LogP contribution in [0.1, 0.15) is 0 Å². The summed E-state index contributed by atoms with van der Waals surface area (Å²) in [4.78, 5) is 23.1. The van der Waals surface area contributed by atoms with E-state index in [0.717, 1.165) is 4.57 Å². The highest BCUT2D eigenvalue weighted by Crippen LogP contribution is 2.22. The molecule has 0 saturated carbocycles. The molecule has 0 N–H and O–H groups in total. The first kappa shape index (κ1) is 12.0. The second-order valence-corrected chi connectivity index (χ2v) is 4.30. The van der Waals surface area contributed by atoms with Crippen molar-refractivity contribution in [2.75, 3.05) is 0 Å². The van der Waals surface area contributed by atoms with Gasteiger partial charge < -0.3 is 0 Å². The molecule has 1 aromatic carbocycles. The van der Waals surface area contributed by atoms with E-state index in [9.17, 15) is 9.59 Å². The van der Waals surface area contributed by atoms with Gasteiger partial charge in [-0.15, -0.1) is 0 Å². The monoisotopic (exact) mass is 270 g/mol. The Labute approximate surface area is 107 Å². The topological polar surface area (TPSA) is 44.0 Å². The minimum atomic E-state index is -0.457. The van der Waals surface area contributed by atoms with E-state index in [0.29, 0.717) is 15.7 Å². The van der Waals surface area contributed by atoms with Crippen LogP contribution in [-0.4, -0.2) is 9.13 Å². The largest absolute Gasteiger partial charge is 0.335 e. The van der Waals surface area contributed by atoms with Gasteiger partial charge in [0, 0.05) is 24.3 Å². The lowest BCUT2D eigenvalue weighted by atomic mass is 10.3. The lowest BCUT2D eigenvalue weighted by Crippen LogP contribution is -2.36. The lowest BCUT2D eigenvalue weighted by molar-refractivity contribution is 0.728. The molecular weight excluding hydrogens is 263 g/mol. The van der Waals surface area contributed by atoms with Crippen LogP contribution in [0.25, 0.3) is 5.69 Å². The predicted molar refractivity (Wildman–Crippen MR) is 67.3 cm³/mol. The molecule has 2 rings (SSSR count). The summed E-state index contributed by atoms with van der Waals surface area (Å²) in [6.45, 7) is 0. The summed E-state index contributed by atoms with van der Waals surface area (Å²) in [6.07, 6.45) is 1.39. The number of nitrogens with zero attached hydrogens (tertiary/aromatic N) is 2. The van der Waals surface area contributed by atoms with Crippen LogP contribution in [0.3, 0.4) is 0 Å². The van der Waals surface area contributed by atoms with E-state index >= 15 is 0 Å². The fraction of sp³-hybridized carbons (Fsp3) is 0.0909. The van der Waals surface area contributed by atoms with E-state index in [-0.39, 0.29) is 5.56 Å². The Morgan fingerprint density at radius 1 is 1.12 bits per heavy atom. The summed E-state index contributed by atoms with van der Waals surface area (Å²) in [7, 11) is 1.41. The van der Waals surface area contributed by atoms with Gasteiger partial charge in [0.05, 0.1) is 10.7 Å². The van der Waals surface area contributed by atoms with Crippen molar-refractivity contribution in [3.8, 4) is 5.69 Å². The molecule has 1 aromatic heterocycles. The molecule has 2 aromatic rings. The van der Waals surface area contributed by atoms with Crippen LogP contribution in [0.4, 0.5) is 0 Å². The van der Waals surface area contributed by atoms with Crippen LogP contribution in [0.5, 0.6) is 0 Å². The Bertz CT molecular complexity index is 689. The number of halogens is 2. The van der Waals surface area contributed by atoms with E-state index in [4.69, 9.17) is 23.2 Å². The quantitative estimate of drug-likeness (QED) is 0.794. The number of aromatic nitrogens is 2. The van der Waals surface area contributed by atoms with Gasteiger partial charge in [0.25, 0.3) is 5.56 Å². The second kappa shape index (κ2) is 4.39. The van der Waals surface area contributed by atoms with Crippen molar-refractivity contribution in [3.05, 3.63) is 61.3 Å². The van der Waals surface area contributed by atoms with E-state index in [2.05, 4.69) is 0 Å². The minimum Gasteiger partial charge on any atom is -0.269 e.